The van der Waals surface area contributed by atoms with Crippen molar-refractivity contribution in [1.29, 1.82) is 0 Å². The van der Waals surface area contributed by atoms with Crippen molar-refractivity contribution in [2.75, 3.05) is 21.7 Å². The molecule has 1 aliphatic carbocycles. The lowest BCUT2D eigenvalue weighted by atomic mass is 10.1. The Balaban J connectivity index is 1.42. The highest BCUT2D eigenvalue weighted by Gasteiger charge is 2.29. The van der Waals surface area contributed by atoms with Crippen LogP contribution in [0.25, 0.3) is 0 Å². The number of carbonyl (C=O) groups is 2. The van der Waals surface area contributed by atoms with Crippen LogP contribution in [0.2, 0.25) is 0 Å². The van der Waals surface area contributed by atoms with Crippen LogP contribution in [-0.2, 0) is 4.79 Å². The number of amides is 2. The Morgan fingerprint density at radius 2 is 1.73 bits per heavy atom. The van der Waals surface area contributed by atoms with Crippen molar-refractivity contribution in [1.82, 2.24) is 9.97 Å². The summed E-state index contributed by atoms with van der Waals surface area (Å²) in [6, 6.07) is 12.5. The molecule has 8 heteroatoms. The third-order valence-corrected chi connectivity index (χ3v) is 4.75. The normalized spacial score (nSPS) is 12.8. The lowest BCUT2D eigenvalue weighted by molar-refractivity contribution is -0.117. The predicted octanol–water partition coefficient (Wildman–Crippen LogP) is 3.71. The molecule has 1 fully saturated rings. The van der Waals surface area contributed by atoms with Gasteiger partial charge in [0.05, 0.1) is 18.1 Å². The molecule has 152 valence electrons. The van der Waals surface area contributed by atoms with Crippen LogP contribution in [0.1, 0.15) is 28.8 Å². The molecule has 0 saturated heterocycles. The molecule has 0 radical (unpaired) electrons. The number of rotatable bonds is 6. The minimum absolute atomic E-state index is 0.00173. The summed E-state index contributed by atoms with van der Waals surface area (Å²) in [4.78, 5) is 33.1. The van der Waals surface area contributed by atoms with Crippen molar-refractivity contribution in [2.45, 2.75) is 19.8 Å². The number of hydrogen-bond donors (Lipinski definition) is 4. The highest BCUT2D eigenvalue weighted by Crippen LogP contribution is 2.30. The highest BCUT2D eigenvalue weighted by molar-refractivity contribution is 6.06. The van der Waals surface area contributed by atoms with Gasteiger partial charge >= 0.3 is 0 Å². The summed E-state index contributed by atoms with van der Waals surface area (Å²) in [6.45, 7) is 1.84. The van der Waals surface area contributed by atoms with Crippen LogP contribution in [0.15, 0.2) is 54.9 Å². The summed E-state index contributed by atoms with van der Waals surface area (Å²) in [7, 11) is 0. The van der Waals surface area contributed by atoms with Crippen molar-refractivity contribution >= 4 is 40.5 Å². The standard InChI is InChI=1S/C22H22N6O2/c1-13-5-8-17(26-20(29)14-6-7-14)10-19(13)21(30)27-18-11-24-22(25-12-18)28-16-4-2-3-15(23)9-16/h2-5,8-12,14H,6-7,23H2,1H3,(H,26,29)(H,27,30)(H,24,25,28). The second-order valence-electron chi connectivity index (χ2n) is 7.29. The minimum atomic E-state index is -0.296. The maximum Gasteiger partial charge on any atom is 0.256 e. The summed E-state index contributed by atoms with van der Waals surface area (Å²) >= 11 is 0. The monoisotopic (exact) mass is 402 g/mol. The Morgan fingerprint density at radius 1 is 0.967 bits per heavy atom. The molecular weight excluding hydrogens is 380 g/mol. The smallest absolute Gasteiger partial charge is 0.256 e. The molecule has 0 unspecified atom stereocenters. The van der Waals surface area contributed by atoms with Gasteiger partial charge in [-0.25, -0.2) is 9.97 Å². The van der Waals surface area contributed by atoms with Crippen LogP contribution >= 0.6 is 0 Å². The molecule has 3 aromatic rings. The largest absolute Gasteiger partial charge is 0.399 e. The molecule has 2 amide bonds. The molecule has 8 nitrogen and oxygen atoms in total. The molecule has 30 heavy (non-hydrogen) atoms. The van der Waals surface area contributed by atoms with E-state index < -0.39 is 0 Å². The number of aryl methyl sites for hydroxylation is 1. The van der Waals surface area contributed by atoms with Gasteiger partial charge in [-0.3, -0.25) is 9.59 Å². The SMILES string of the molecule is Cc1ccc(NC(=O)C2CC2)cc1C(=O)Nc1cnc(Nc2cccc(N)c2)nc1. The molecule has 1 heterocycles. The Bertz CT molecular complexity index is 1090. The number of anilines is 5. The number of carbonyl (C=O) groups excluding carboxylic acids is 2. The average Bonchev–Trinajstić information content (AvgIpc) is 3.56. The Labute approximate surface area is 173 Å². The van der Waals surface area contributed by atoms with Crippen molar-refractivity contribution in [2.24, 2.45) is 5.92 Å². The summed E-state index contributed by atoms with van der Waals surface area (Å²) in [5.41, 5.74) is 9.52. The topological polar surface area (TPSA) is 122 Å². The molecule has 5 N–H and O–H groups in total. The zero-order valence-corrected chi connectivity index (χ0v) is 16.5. The van der Waals surface area contributed by atoms with E-state index in [1.54, 1.807) is 24.3 Å². The van der Waals surface area contributed by atoms with Crippen LogP contribution in [0.4, 0.5) is 28.7 Å². The molecule has 1 aromatic heterocycles. The van der Waals surface area contributed by atoms with Gasteiger partial charge in [-0.1, -0.05) is 12.1 Å². The first-order valence-corrected chi connectivity index (χ1v) is 9.65. The van der Waals surface area contributed by atoms with Gasteiger partial charge in [0.1, 0.15) is 0 Å². The molecular formula is C22H22N6O2. The quantitative estimate of drug-likeness (QED) is 0.466. The highest BCUT2D eigenvalue weighted by atomic mass is 16.2. The fourth-order valence-corrected chi connectivity index (χ4v) is 2.94. The maximum absolute atomic E-state index is 12.7. The molecule has 0 spiro atoms. The summed E-state index contributed by atoms with van der Waals surface area (Å²) in [6.07, 6.45) is 4.89. The number of benzene rings is 2. The average molecular weight is 402 g/mol. The van der Waals surface area contributed by atoms with Gasteiger partial charge in [-0.05, 0) is 55.7 Å². The van der Waals surface area contributed by atoms with Crippen molar-refractivity contribution in [3.8, 4) is 0 Å². The molecule has 1 aliphatic rings. The Kier molecular flexibility index (Phi) is 5.30. The van der Waals surface area contributed by atoms with E-state index in [4.69, 9.17) is 5.73 Å². The van der Waals surface area contributed by atoms with E-state index in [-0.39, 0.29) is 17.7 Å². The van der Waals surface area contributed by atoms with E-state index >= 15 is 0 Å². The lowest BCUT2D eigenvalue weighted by Gasteiger charge is -2.11. The van der Waals surface area contributed by atoms with Crippen molar-refractivity contribution in [3.63, 3.8) is 0 Å². The predicted molar refractivity (Wildman–Crippen MR) is 117 cm³/mol. The zero-order chi connectivity index (χ0) is 21.1. The van der Waals surface area contributed by atoms with E-state index in [9.17, 15) is 9.59 Å². The molecule has 0 bridgehead atoms. The third-order valence-electron chi connectivity index (χ3n) is 4.75. The van der Waals surface area contributed by atoms with E-state index in [0.29, 0.717) is 28.6 Å². The van der Waals surface area contributed by atoms with Crippen LogP contribution in [-0.4, -0.2) is 21.8 Å². The zero-order valence-electron chi connectivity index (χ0n) is 16.5. The second kappa shape index (κ2) is 8.20. The Morgan fingerprint density at radius 3 is 2.43 bits per heavy atom. The van der Waals surface area contributed by atoms with Crippen molar-refractivity contribution < 1.29 is 9.59 Å². The van der Waals surface area contributed by atoms with Crippen molar-refractivity contribution in [3.05, 3.63) is 66.0 Å². The van der Waals surface area contributed by atoms with Gasteiger partial charge in [-0.15, -0.1) is 0 Å². The number of nitrogen functional groups attached to an aromatic ring is 1. The number of nitrogens with zero attached hydrogens (tertiary/aromatic N) is 2. The third kappa shape index (κ3) is 4.72. The van der Waals surface area contributed by atoms with E-state index in [0.717, 1.165) is 24.1 Å². The van der Waals surface area contributed by atoms with E-state index in [1.807, 2.05) is 25.1 Å². The van der Waals surface area contributed by atoms with Crippen LogP contribution in [0.5, 0.6) is 0 Å². The first-order valence-electron chi connectivity index (χ1n) is 9.65. The number of nitrogens with one attached hydrogen (secondary N) is 3. The van der Waals surface area contributed by atoms with Gasteiger partial charge < -0.3 is 21.7 Å². The summed E-state index contributed by atoms with van der Waals surface area (Å²) in [5.74, 6) is 0.191. The van der Waals surface area contributed by atoms with Gasteiger partial charge in [0.15, 0.2) is 0 Å². The maximum atomic E-state index is 12.7. The molecule has 4 rings (SSSR count). The first-order chi connectivity index (χ1) is 14.5. The first kappa shape index (κ1) is 19.4. The van der Waals surface area contributed by atoms with Crippen LogP contribution in [0.3, 0.4) is 0 Å². The number of hydrogen-bond acceptors (Lipinski definition) is 6. The molecule has 1 saturated carbocycles. The molecule has 0 aliphatic heterocycles. The number of aromatic nitrogens is 2. The Hall–Kier alpha value is -3.94. The fourth-order valence-electron chi connectivity index (χ4n) is 2.94. The van der Waals surface area contributed by atoms with Gasteiger partial charge in [0, 0.05) is 28.5 Å². The summed E-state index contributed by atoms with van der Waals surface area (Å²) < 4.78 is 0. The lowest BCUT2D eigenvalue weighted by Crippen LogP contribution is -2.16. The number of nitrogens with two attached hydrogens (primary N) is 1. The molecule has 2 aromatic carbocycles. The van der Waals surface area contributed by atoms with Crippen LogP contribution < -0.4 is 21.7 Å². The fraction of sp³-hybridized carbons (Fsp3) is 0.182. The summed E-state index contributed by atoms with van der Waals surface area (Å²) in [5, 5.41) is 8.71. The van der Waals surface area contributed by atoms with Gasteiger partial charge in [0.2, 0.25) is 11.9 Å². The minimum Gasteiger partial charge on any atom is -0.399 e. The van der Waals surface area contributed by atoms with E-state index in [1.165, 1.54) is 12.4 Å². The van der Waals surface area contributed by atoms with Gasteiger partial charge in [-0.2, -0.15) is 0 Å². The second-order valence-corrected chi connectivity index (χ2v) is 7.29. The van der Waals surface area contributed by atoms with Crippen LogP contribution in [0, 0.1) is 12.8 Å². The molecule has 0 atom stereocenters. The van der Waals surface area contributed by atoms with E-state index in [2.05, 4.69) is 25.9 Å². The van der Waals surface area contributed by atoms with Gasteiger partial charge in [0.25, 0.3) is 5.91 Å².